The molecule has 0 aliphatic rings. The summed E-state index contributed by atoms with van der Waals surface area (Å²) in [6.45, 7) is 0. The number of ketones is 1. The molecule has 2 aromatic rings. The summed E-state index contributed by atoms with van der Waals surface area (Å²) in [5.74, 6) is -0.919. The average Bonchev–Trinajstić information content (AvgIpc) is 2.77. The quantitative estimate of drug-likeness (QED) is 0.473. The van der Waals surface area contributed by atoms with Crippen LogP contribution in [-0.4, -0.2) is 16.2 Å². The molecule has 0 unspecified atom stereocenters. The van der Waals surface area contributed by atoms with Gasteiger partial charge in [-0.25, -0.2) is 4.39 Å². The number of nitriles is 1. The monoisotopic (exact) mass is 403 g/mol. The van der Waals surface area contributed by atoms with Crippen LogP contribution in [0.2, 0.25) is 0 Å². The van der Waals surface area contributed by atoms with Gasteiger partial charge in [0.15, 0.2) is 5.78 Å². The number of aromatic nitrogens is 1. The fourth-order valence-electron chi connectivity index (χ4n) is 1.81. The number of hydrogen-bond acceptors (Lipinski definition) is 4. The SMILES string of the molecule is N#CCC(=O)c1cc2cc(F)c(NC=O)cc2n1SI. The normalized spacial score (nSPS) is 10.2. The molecule has 0 saturated carbocycles. The number of carbonyl (C=O) groups excluding carboxylic acids is 2. The molecule has 0 saturated heterocycles. The van der Waals surface area contributed by atoms with Crippen LogP contribution in [0.25, 0.3) is 10.9 Å². The molecule has 0 aliphatic carbocycles. The van der Waals surface area contributed by atoms with Gasteiger partial charge in [0.2, 0.25) is 6.41 Å². The summed E-state index contributed by atoms with van der Waals surface area (Å²) in [4.78, 5) is 22.3. The predicted octanol–water partition coefficient (Wildman–Crippen LogP) is 3.29. The molecule has 1 N–H and O–H groups in total. The van der Waals surface area contributed by atoms with Gasteiger partial charge in [-0.3, -0.25) is 13.6 Å². The Hall–Kier alpha value is -1.60. The molecular formula is C12H7FIN3O2S. The van der Waals surface area contributed by atoms with Gasteiger partial charge in [-0.05, 0) is 18.2 Å². The Balaban J connectivity index is 2.66. The first-order chi connectivity index (χ1) is 9.62. The molecule has 0 fully saturated rings. The van der Waals surface area contributed by atoms with E-state index >= 15 is 0 Å². The van der Waals surface area contributed by atoms with Crippen molar-refractivity contribution >= 4 is 59.1 Å². The number of anilines is 1. The first kappa shape index (κ1) is 14.8. The Morgan fingerprint density at radius 2 is 2.30 bits per heavy atom. The zero-order valence-corrected chi connectivity index (χ0v) is 12.9. The molecule has 2 rings (SSSR count). The zero-order valence-electron chi connectivity index (χ0n) is 9.89. The van der Waals surface area contributed by atoms with E-state index in [4.69, 9.17) is 5.26 Å². The largest absolute Gasteiger partial charge is 0.326 e. The molecule has 20 heavy (non-hydrogen) atoms. The lowest BCUT2D eigenvalue weighted by molar-refractivity contribution is -0.105. The van der Waals surface area contributed by atoms with Crippen molar-refractivity contribution in [1.82, 2.24) is 3.97 Å². The molecule has 0 atom stereocenters. The lowest BCUT2D eigenvalue weighted by Crippen LogP contribution is -2.02. The molecule has 5 nitrogen and oxygen atoms in total. The summed E-state index contributed by atoms with van der Waals surface area (Å²) in [6.07, 6.45) is 0.145. The third-order valence-electron chi connectivity index (χ3n) is 2.65. The highest BCUT2D eigenvalue weighted by atomic mass is 127. The summed E-state index contributed by atoms with van der Waals surface area (Å²) in [5.41, 5.74) is 0.955. The van der Waals surface area contributed by atoms with E-state index < -0.39 is 5.82 Å². The fourth-order valence-corrected chi connectivity index (χ4v) is 3.54. The minimum atomic E-state index is -0.584. The Labute approximate surface area is 129 Å². The van der Waals surface area contributed by atoms with E-state index in [2.05, 4.69) is 5.32 Å². The maximum Gasteiger partial charge on any atom is 0.211 e. The number of amides is 1. The van der Waals surface area contributed by atoms with Crippen molar-refractivity contribution in [2.75, 3.05) is 5.32 Å². The van der Waals surface area contributed by atoms with Crippen molar-refractivity contribution < 1.29 is 14.0 Å². The van der Waals surface area contributed by atoms with E-state index in [-0.39, 0.29) is 17.9 Å². The van der Waals surface area contributed by atoms with Crippen molar-refractivity contribution in [1.29, 1.82) is 5.26 Å². The van der Waals surface area contributed by atoms with Gasteiger partial charge in [0.05, 0.1) is 23.0 Å². The highest BCUT2D eigenvalue weighted by molar-refractivity contribution is 14.2. The van der Waals surface area contributed by atoms with Gasteiger partial charge in [0, 0.05) is 35.7 Å². The van der Waals surface area contributed by atoms with Gasteiger partial charge in [0.25, 0.3) is 0 Å². The summed E-state index contributed by atoms with van der Waals surface area (Å²) < 4.78 is 15.3. The van der Waals surface area contributed by atoms with Crippen LogP contribution >= 0.6 is 30.3 Å². The summed E-state index contributed by atoms with van der Waals surface area (Å²) in [7, 11) is 1.24. The van der Waals surface area contributed by atoms with Crippen molar-refractivity contribution in [3.63, 3.8) is 0 Å². The van der Waals surface area contributed by atoms with Crippen LogP contribution in [0.3, 0.4) is 0 Å². The minimum absolute atomic E-state index is 0.0385. The van der Waals surface area contributed by atoms with Crippen molar-refractivity contribution in [3.8, 4) is 6.07 Å². The molecule has 1 amide bonds. The van der Waals surface area contributed by atoms with Gasteiger partial charge in [-0.1, -0.05) is 0 Å². The van der Waals surface area contributed by atoms with Crippen LogP contribution < -0.4 is 5.32 Å². The van der Waals surface area contributed by atoms with E-state index in [1.165, 1.54) is 27.3 Å². The summed E-state index contributed by atoms with van der Waals surface area (Å²) >= 11 is 1.99. The van der Waals surface area contributed by atoms with Crippen LogP contribution in [-0.2, 0) is 4.79 Å². The maximum absolute atomic E-state index is 13.7. The third kappa shape index (κ3) is 2.64. The van der Waals surface area contributed by atoms with Crippen molar-refractivity contribution in [2.45, 2.75) is 6.42 Å². The number of hydrogen-bond donors (Lipinski definition) is 1. The number of Topliss-reactive ketones (excluding diaryl/α,β-unsaturated/α-hetero) is 1. The number of halogens is 2. The van der Waals surface area contributed by atoms with E-state index in [9.17, 15) is 14.0 Å². The molecule has 102 valence electrons. The van der Waals surface area contributed by atoms with Gasteiger partial charge < -0.3 is 5.32 Å². The highest BCUT2D eigenvalue weighted by Crippen LogP contribution is 2.32. The lowest BCUT2D eigenvalue weighted by Gasteiger charge is -2.05. The Kier molecular flexibility index (Phi) is 4.61. The number of benzene rings is 1. The first-order valence-electron chi connectivity index (χ1n) is 5.36. The molecular weight excluding hydrogens is 396 g/mol. The number of fused-ring (bicyclic) bond motifs is 1. The smallest absolute Gasteiger partial charge is 0.211 e. The molecule has 1 aromatic carbocycles. The van der Waals surface area contributed by atoms with Crippen molar-refractivity contribution in [2.24, 2.45) is 0 Å². The second-order valence-electron chi connectivity index (χ2n) is 3.80. The minimum Gasteiger partial charge on any atom is -0.326 e. The van der Waals surface area contributed by atoms with E-state index in [1.54, 1.807) is 10.0 Å². The van der Waals surface area contributed by atoms with Crippen molar-refractivity contribution in [3.05, 3.63) is 29.7 Å². The number of nitrogens with zero attached hydrogens (tertiary/aromatic N) is 2. The standard InChI is InChI=1S/C12H7FIN3O2S/c13-8-3-7-4-11(12(19)1-2-15)17(20-14)10(7)5-9(8)16-6-18/h3-6H,1H2,(H,16,18). The Morgan fingerprint density at radius 3 is 2.90 bits per heavy atom. The van der Waals surface area contributed by atoms with E-state index in [0.717, 1.165) is 0 Å². The third-order valence-corrected chi connectivity index (χ3v) is 4.37. The average molecular weight is 403 g/mol. The lowest BCUT2D eigenvalue weighted by atomic mass is 10.2. The van der Waals surface area contributed by atoms with E-state index in [1.807, 2.05) is 21.2 Å². The van der Waals surface area contributed by atoms with Gasteiger partial charge in [-0.15, -0.1) is 0 Å². The molecule has 8 heteroatoms. The molecule has 0 radical (unpaired) electrons. The van der Waals surface area contributed by atoms with Crippen LogP contribution in [0.15, 0.2) is 18.2 Å². The predicted molar refractivity (Wildman–Crippen MR) is 83.2 cm³/mol. The summed E-state index contributed by atoms with van der Waals surface area (Å²) in [5, 5.41) is 11.4. The van der Waals surface area contributed by atoms with Crippen LogP contribution in [0.1, 0.15) is 16.9 Å². The molecule has 1 heterocycles. The maximum atomic E-state index is 13.7. The molecule has 0 bridgehead atoms. The second kappa shape index (κ2) is 6.23. The second-order valence-corrected chi connectivity index (χ2v) is 5.49. The Bertz CT molecular complexity index is 738. The van der Waals surface area contributed by atoms with Gasteiger partial charge in [0.1, 0.15) is 12.2 Å². The van der Waals surface area contributed by atoms with Crippen LogP contribution in [0, 0.1) is 17.1 Å². The molecule has 1 aromatic heterocycles. The van der Waals surface area contributed by atoms with Crippen LogP contribution in [0.5, 0.6) is 0 Å². The number of rotatable bonds is 5. The van der Waals surface area contributed by atoms with E-state index in [0.29, 0.717) is 23.0 Å². The van der Waals surface area contributed by atoms with Gasteiger partial charge >= 0.3 is 0 Å². The Morgan fingerprint density at radius 1 is 1.55 bits per heavy atom. The summed E-state index contributed by atoms with van der Waals surface area (Å²) in [6, 6.07) is 6.03. The first-order valence-corrected chi connectivity index (χ1v) is 8.68. The number of nitrogens with one attached hydrogen (secondary N) is 1. The highest BCUT2D eigenvalue weighted by Gasteiger charge is 2.17. The van der Waals surface area contributed by atoms with Gasteiger partial charge in [-0.2, -0.15) is 5.26 Å². The zero-order chi connectivity index (χ0) is 14.7. The van der Waals surface area contributed by atoms with Crippen LogP contribution in [0.4, 0.5) is 10.1 Å². The fraction of sp³-hybridized carbons (Fsp3) is 0.0833. The topological polar surface area (TPSA) is 74.9 Å². The number of carbonyl (C=O) groups is 2. The molecule has 0 spiro atoms. The molecule has 0 aliphatic heterocycles.